The fraction of sp³-hybridized carbons (Fsp3) is 0.462. The van der Waals surface area contributed by atoms with Crippen LogP contribution in [0.15, 0.2) is 35.2 Å². The van der Waals surface area contributed by atoms with Crippen molar-refractivity contribution in [1.29, 1.82) is 0 Å². The molecule has 1 fully saturated rings. The fourth-order valence-corrected chi connectivity index (χ4v) is 3.36. The summed E-state index contributed by atoms with van der Waals surface area (Å²) in [7, 11) is -3.53. The number of nitrogens with zero attached hydrogens (tertiary/aromatic N) is 1. The molecule has 5 heteroatoms. The zero-order valence-corrected chi connectivity index (χ0v) is 11.4. The monoisotopic (exact) mass is 267 g/mol. The van der Waals surface area contributed by atoms with Gasteiger partial charge in [0.05, 0.1) is 11.4 Å². The number of rotatable bonds is 2. The standard InChI is InChI=1S/C13H17NO3S/c1-13(2)8-9-14(10-12(13)15)18(16,17)11-6-4-3-5-7-11/h3-7H,8-10H2,1-2H3. The van der Waals surface area contributed by atoms with Gasteiger partial charge in [-0.15, -0.1) is 0 Å². The first kappa shape index (κ1) is 13.2. The van der Waals surface area contributed by atoms with Crippen molar-refractivity contribution in [2.75, 3.05) is 13.1 Å². The van der Waals surface area contributed by atoms with Crippen LogP contribution in [0.5, 0.6) is 0 Å². The Balaban J connectivity index is 2.26. The van der Waals surface area contributed by atoms with Gasteiger partial charge in [-0.1, -0.05) is 32.0 Å². The summed E-state index contributed by atoms with van der Waals surface area (Å²) >= 11 is 0. The summed E-state index contributed by atoms with van der Waals surface area (Å²) in [6.45, 7) is 4.10. The minimum absolute atomic E-state index is 0.0201. The highest BCUT2D eigenvalue weighted by molar-refractivity contribution is 7.89. The maximum absolute atomic E-state index is 12.3. The van der Waals surface area contributed by atoms with E-state index >= 15 is 0 Å². The Labute approximate surface area is 108 Å². The van der Waals surface area contributed by atoms with Gasteiger partial charge < -0.3 is 0 Å². The number of hydrogen-bond acceptors (Lipinski definition) is 3. The van der Waals surface area contributed by atoms with Crippen LogP contribution in [0.2, 0.25) is 0 Å². The van der Waals surface area contributed by atoms with Crippen molar-refractivity contribution in [2.24, 2.45) is 5.41 Å². The van der Waals surface area contributed by atoms with Gasteiger partial charge in [-0.05, 0) is 18.6 Å². The van der Waals surface area contributed by atoms with Gasteiger partial charge in [0.1, 0.15) is 0 Å². The van der Waals surface area contributed by atoms with Gasteiger partial charge in [-0.3, -0.25) is 4.79 Å². The number of benzene rings is 1. The topological polar surface area (TPSA) is 54.5 Å². The smallest absolute Gasteiger partial charge is 0.243 e. The van der Waals surface area contributed by atoms with Crippen LogP contribution >= 0.6 is 0 Å². The van der Waals surface area contributed by atoms with Gasteiger partial charge in [0, 0.05) is 12.0 Å². The quantitative estimate of drug-likeness (QED) is 0.819. The van der Waals surface area contributed by atoms with E-state index in [4.69, 9.17) is 0 Å². The zero-order valence-electron chi connectivity index (χ0n) is 10.6. The van der Waals surface area contributed by atoms with Crippen LogP contribution in [-0.4, -0.2) is 31.6 Å². The number of sulfonamides is 1. The molecular formula is C13H17NO3S. The van der Waals surface area contributed by atoms with Crippen molar-refractivity contribution in [2.45, 2.75) is 25.2 Å². The molecule has 1 aliphatic heterocycles. The van der Waals surface area contributed by atoms with Crippen LogP contribution in [0.3, 0.4) is 0 Å². The molecule has 18 heavy (non-hydrogen) atoms. The molecule has 1 aromatic carbocycles. The lowest BCUT2D eigenvalue weighted by Crippen LogP contribution is -2.47. The van der Waals surface area contributed by atoms with Crippen LogP contribution in [0.25, 0.3) is 0 Å². The van der Waals surface area contributed by atoms with Crippen LogP contribution in [0.4, 0.5) is 0 Å². The third kappa shape index (κ3) is 2.33. The third-order valence-corrected chi connectivity index (χ3v) is 5.30. The minimum Gasteiger partial charge on any atom is -0.298 e. The average molecular weight is 267 g/mol. The first-order chi connectivity index (χ1) is 8.34. The second-order valence-corrected chi connectivity index (χ2v) is 7.15. The highest BCUT2D eigenvalue weighted by atomic mass is 32.2. The fourth-order valence-electron chi connectivity index (χ4n) is 1.94. The van der Waals surface area contributed by atoms with Crippen LogP contribution in [0.1, 0.15) is 20.3 Å². The lowest BCUT2D eigenvalue weighted by atomic mass is 9.82. The summed E-state index contributed by atoms with van der Waals surface area (Å²) in [5.41, 5.74) is -0.414. The lowest BCUT2D eigenvalue weighted by Gasteiger charge is -2.34. The van der Waals surface area contributed by atoms with E-state index in [0.717, 1.165) is 0 Å². The molecule has 1 aliphatic rings. The maximum atomic E-state index is 12.3. The van der Waals surface area contributed by atoms with E-state index in [1.165, 1.54) is 4.31 Å². The van der Waals surface area contributed by atoms with Crippen LogP contribution in [-0.2, 0) is 14.8 Å². The summed E-state index contributed by atoms with van der Waals surface area (Å²) in [6.07, 6.45) is 0.567. The second-order valence-electron chi connectivity index (χ2n) is 5.21. The number of carbonyl (C=O) groups excluding carboxylic acids is 1. The zero-order chi connectivity index (χ0) is 13.4. The molecule has 0 atom stereocenters. The molecule has 0 aromatic heterocycles. The molecule has 0 spiro atoms. The minimum atomic E-state index is -3.53. The molecule has 1 saturated heterocycles. The van der Waals surface area contributed by atoms with E-state index in [1.807, 2.05) is 13.8 Å². The number of Topliss-reactive ketones (excluding diaryl/α,β-unsaturated/α-hetero) is 1. The Morgan fingerprint density at radius 3 is 2.33 bits per heavy atom. The van der Waals surface area contributed by atoms with Crippen molar-refractivity contribution < 1.29 is 13.2 Å². The number of piperidine rings is 1. The van der Waals surface area contributed by atoms with Gasteiger partial charge in [0.15, 0.2) is 5.78 Å². The summed E-state index contributed by atoms with van der Waals surface area (Å²) in [5, 5.41) is 0. The highest BCUT2D eigenvalue weighted by Gasteiger charge is 2.38. The second kappa shape index (κ2) is 4.48. The van der Waals surface area contributed by atoms with Crippen molar-refractivity contribution in [3.8, 4) is 0 Å². The van der Waals surface area contributed by atoms with Crippen LogP contribution in [0, 0.1) is 5.41 Å². The van der Waals surface area contributed by atoms with E-state index in [-0.39, 0.29) is 17.2 Å². The molecule has 0 radical (unpaired) electrons. The Hall–Kier alpha value is -1.20. The van der Waals surface area contributed by atoms with Crippen molar-refractivity contribution in [3.63, 3.8) is 0 Å². The Morgan fingerprint density at radius 2 is 1.78 bits per heavy atom. The van der Waals surface area contributed by atoms with Crippen LogP contribution < -0.4 is 0 Å². The van der Waals surface area contributed by atoms with Crippen molar-refractivity contribution >= 4 is 15.8 Å². The molecule has 0 saturated carbocycles. The predicted octanol–water partition coefficient (Wildman–Crippen LogP) is 1.68. The Morgan fingerprint density at radius 1 is 1.17 bits per heavy atom. The number of hydrogen-bond donors (Lipinski definition) is 0. The molecule has 1 aromatic rings. The Bertz CT molecular complexity index is 549. The normalized spacial score (nSPS) is 20.9. The predicted molar refractivity (Wildman–Crippen MR) is 68.6 cm³/mol. The lowest BCUT2D eigenvalue weighted by molar-refractivity contribution is -0.130. The Kier molecular flexibility index (Phi) is 3.29. The first-order valence-electron chi connectivity index (χ1n) is 5.92. The van der Waals surface area contributed by atoms with E-state index in [1.54, 1.807) is 30.3 Å². The molecule has 0 N–H and O–H groups in total. The van der Waals surface area contributed by atoms with E-state index in [2.05, 4.69) is 0 Å². The van der Waals surface area contributed by atoms with Gasteiger partial charge >= 0.3 is 0 Å². The molecule has 1 heterocycles. The molecule has 0 unspecified atom stereocenters. The largest absolute Gasteiger partial charge is 0.298 e. The summed E-state index contributed by atoms with van der Waals surface area (Å²) < 4.78 is 25.9. The van der Waals surface area contributed by atoms with E-state index in [0.29, 0.717) is 13.0 Å². The molecule has 0 amide bonds. The van der Waals surface area contributed by atoms with Crippen molar-refractivity contribution in [3.05, 3.63) is 30.3 Å². The van der Waals surface area contributed by atoms with Gasteiger partial charge in [-0.2, -0.15) is 4.31 Å². The molecular weight excluding hydrogens is 250 g/mol. The molecule has 0 bridgehead atoms. The summed E-state index contributed by atoms with van der Waals surface area (Å²) in [6, 6.07) is 8.24. The van der Waals surface area contributed by atoms with E-state index in [9.17, 15) is 13.2 Å². The molecule has 2 rings (SSSR count). The molecule has 4 nitrogen and oxygen atoms in total. The third-order valence-electron chi connectivity index (χ3n) is 3.44. The SMILES string of the molecule is CC1(C)CCN(S(=O)(=O)c2ccccc2)CC1=O. The molecule has 98 valence electrons. The van der Waals surface area contributed by atoms with Gasteiger partial charge in [0.25, 0.3) is 0 Å². The van der Waals surface area contributed by atoms with Gasteiger partial charge in [-0.25, -0.2) is 8.42 Å². The van der Waals surface area contributed by atoms with Crippen molar-refractivity contribution in [1.82, 2.24) is 4.31 Å². The van der Waals surface area contributed by atoms with Gasteiger partial charge in [0.2, 0.25) is 10.0 Å². The average Bonchev–Trinajstić information content (AvgIpc) is 2.33. The summed E-state index contributed by atoms with van der Waals surface area (Å²) in [5.74, 6) is -0.0201. The first-order valence-corrected chi connectivity index (χ1v) is 7.36. The maximum Gasteiger partial charge on any atom is 0.243 e. The highest BCUT2D eigenvalue weighted by Crippen LogP contribution is 2.29. The number of carbonyl (C=O) groups is 1. The molecule has 0 aliphatic carbocycles. The number of ketones is 1. The summed E-state index contributed by atoms with van der Waals surface area (Å²) in [4.78, 5) is 12.1. The van der Waals surface area contributed by atoms with E-state index < -0.39 is 15.4 Å².